The Morgan fingerprint density at radius 1 is 1.64 bits per heavy atom. The average molecular weight is 201 g/mol. The largest absolute Gasteiger partial charge is 0.450 e. The van der Waals surface area contributed by atoms with Crippen molar-refractivity contribution in [2.45, 2.75) is 13.0 Å². The molecule has 2 N–H and O–H groups in total. The molecule has 1 amide bonds. The van der Waals surface area contributed by atoms with Gasteiger partial charge in [0.15, 0.2) is 0 Å². The number of nitrogens with two attached hydrogens (primary N) is 1. The number of rotatable bonds is 4. The number of likely N-dealkylation sites (N-methyl/N-ethyl adjacent to an activating group) is 1. The summed E-state index contributed by atoms with van der Waals surface area (Å²) in [6, 6.07) is 0.447. The van der Waals surface area contributed by atoms with Gasteiger partial charge in [-0.05, 0) is 14.0 Å². The Morgan fingerprint density at radius 2 is 2.29 bits per heavy atom. The van der Waals surface area contributed by atoms with Crippen LogP contribution in [-0.2, 0) is 4.74 Å². The minimum absolute atomic E-state index is 0.204. The van der Waals surface area contributed by atoms with Crippen LogP contribution in [0.25, 0.3) is 0 Å². The highest BCUT2D eigenvalue weighted by Gasteiger charge is 2.33. The van der Waals surface area contributed by atoms with Crippen LogP contribution in [0.1, 0.15) is 6.92 Å². The first-order chi connectivity index (χ1) is 6.69. The lowest BCUT2D eigenvalue weighted by Crippen LogP contribution is -2.60. The molecule has 1 rings (SSSR count). The fourth-order valence-electron chi connectivity index (χ4n) is 1.48. The maximum absolute atomic E-state index is 11.2. The molecular weight excluding hydrogens is 182 g/mol. The fraction of sp³-hybridized carbons (Fsp3) is 0.889. The van der Waals surface area contributed by atoms with Gasteiger partial charge in [-0.2, -0.15) is 0 Å². The number of amides is 1. The van der Waals surface area contributed by atoms with Crippen molar-refractivity contribution in [2.75, 3.05) is 39.8 Å². The zero-order valence-electron chi connectivity index (χ0n) is 8.90. The number of carbonyl (C=O) groups excluding carboxylic acids is 1. The number of hydrogen-bond acceptors (Lipinski definition) is 4. The van der Waals surface area contributed by atoms with E-state index in [1.165, 1.54) is 0 Å². The molecule has 1 heterocycles. The summed E-state index contributed by atoms with van der Waals surface area (Å²) in [5.74, 6) is 0. The van der Waals surface area contributed by atoms with Crippen LogP contribution in [0.5, 0.6) is 0 Å². The highest BCUT2D eigenvalue weighted by molar-refractivity contribution is 5.68. The molecule has 5 nitrogen and oxygen atoms in total. The number of ether oxygens (including phenoxy) is 1. The van der Waals surface area contributed by atoms with Crippen LogP contribution in [0.2, 0.25) is 0 Å². The van der Waals surface area contributed by atoms with E-state index in [9.17, 15) is 4.79 Å². The van der Waals surface area contributed by atoms with Gasteiger partial charge in [-0.1, -0.05) is 0 Å². The third kappa shape index (κ3) is 2.59. The van der Waals surface area contributed by atoms with Gasteiger partial charge in [-0.25, -0.2) is 4.79 Å². The summed E-state index contributed by atoms with van der Waals surface area (Å²) in [5.41, 5.74) is 5.44. The van der Waals surface area contributed by atoms with Crippen molar-refractivity contribution < 1.29 is 9.53 Å². The number of nitrogens with zero attached hydrogens (tertiary/aromatic N) is 2. The molecule has 0 atom stereocenters. The molecule has 0 aromatic carbocycles. The van der Waals surface area contributed by atoms with Gasteiger partial charge in [0.05, 0.1) is 6.61 Å². The maximum atomic E-state index is 11.2. The fourth-order valence-corrected chi connectivity index (χ4v) is 1.48. The van der Waals surface area contributed by atoms with E-state index >= 15 is 0 Å². The molecule has 1 fully saturated rings. The van der Waals surface area contributed by atoms with E-state index in [-0.39, 0.29) is 6.09 Å². The van der Waals surface area contributed by atoms with Crippen molar-refractivity contribution in [3.8, 4) is 0 Å². The lowest BCUT2D eigenvalue weighted by molar-refractivity contribution is 0.0339. The summed E-state index contributed by atoms with van der Waals surface area (Å²) < 4.78 is 4.88. The summed E-state index contributed by atoms with van der Waals surface area (Å²) in [6.07, 6.45) is -0.204. The molecule has 0 spiro atoms. The molecule has 0 aliphatic carbocycles. The van der Waals surface area contributed by atoms with Gasteiger partial charge in [0, 0.05) is 32.2 Å². The van der Waals surface area contributed by atoms with Gasteiger partial charge >= 0.3 is 6.09 Å². The standard InChI is InChI=1S/C9H19N3O2/c1-3-14-9(13)12-6-8(7-12)11(2)5-4-10/h8H,3-7,10H2,1-2H3. The molecule has 0 unspecified atom stereocenters. The van der Waals surface area contributed by atoms with Crippen molar-refractivity contribution in [1.82, 2.24) is 9.80 Å². The Morgan fingerprint density at radius 3 is 2.79 bits per heavy atom. The van der Waals surface area contributed by atoms with E-state index in [0.717, 1.165) is 19.6 Å². The van der Waals surface area contributed by atoms with Gasteiger partial charge in [0.25, 0.3) is 0 Å². The Hall–Kier alpha value is -0.810. The van der Waals surface area contributed by atoms with E-state index < -0.39 is 0 Å². The van der Waals surface area contributed by atoms with E-state index in [4.69, 9.17) is 10.5 Å². The predicted molar refractivity (Wildman–Crippen MR) is 54.1 cm³/mol. The first-order valence-electron chi connectivity index (χ1n) is 5.01. The second kappa shape index (κ2) is 5.17. The molecule has 1 aliphatic heterocycles. The number of hydrogen-bond donors (Lipinski definition) is 1. The third-order valence-corrected chi connectivity index (χ3v) is 2.49. The molecule has 0 bridgehead atoms. The van der Waals surface area contributed by atoms with Crippen molar-refractivity contribution in [3.05, 3.63) is 0 Å². The first kappa shape index (κ1) is 11.3. The molecular formula is C9H19N3O2. The van der Waals surface area contributed by atoms with Gasteiger partial charge in [-0.3, -0.25) is 4.90 Å². The zero-order valence-corrected chi connectivity index (χ0v) is 8.90. The second-order valence-electron chi connectivity index (χ2n) is 3.53. The molecule has 0 aromatic heterocycles. The van der Waals surface area contributed by atoms with Crippen LogP contribution in [0.4, 0.5) is 4.79 Å². The molecule has 0 radical (unpaired) electrons. The average Bonchev–Trinajstić information content (AvgIpc) is 2.02. The molecule has 82 valence electrons. The van der Waals surface area contributed by atoms with Crippen molar-refractivity contribution >= 4 is 6.09 Å². The lowest BCUT2D eigenvalue weighted by atomic mass is 10.1. The van der Waals surface area contributed by atoms with Crippen molar-refractivity contribution in [3.63, 3.8) is 0 Å². The Kier molecular flexibility index (Phi) is 4.16. The molecule has 0 aromatic rings. The van der Waals surface area contributed by atoms with Crippen molar-refractivity contribution in [1.29, 1.82) is 0 Å². The SMILES string of the molecule is CCOC(=O)N1CC(N(C)CCN)C1. The zero-order chi connectivity index (χ0) is 10.6. The van der Waals surface area contributed by atoms with Crippen LogP contribution in [0.15, 0.2) is 0 Å². The first-order valence-corrected chi connectivity index (χ1v) is 5.01. The normalized spacial score (nSPS) is 17.0. The summed E-state index contributed by atoms with van der Waals surface area (Å²) >= 11 is 0. The minimum atomic E-state index is -0.204. The molecule has 0 saturated carbocycles. The summed E-state index contributed by atoms with van der Waals surface area (Å²) in [7, 11) is 2.03. The molecule has 5 heteroatoms. The summed E-state index contributed by atoms with van der Waals surface area (Å²) in [6.45, 7) is 5.31. The van der Waals surface area contributed by atoms with Crippen LogP contribution < -0.4 is 5.73 Å². The smallest absolute Gasteiger partial charge is 0.409 e. The van der Waals surface area contributed by atoms with Gasteiger partial charge in [0.2, 0.25) is 0 Å². The minimum Gasteiger partial charge on any atom is -0.450 e. The van der Waals surface area contributed by atoms with Crippen LogP contribution in [-0.4, -0.2) is 61.8 Å². The predicted octanol–water partition coefficient (Wildman–Crippen LogP) is -0.282. The van der Waals surface area contributed by atoms with Crippen LogP contribution in [0.3, 0.4) is 0 Å². The monoisotopic (exact) mass is 201 g/mol. The van der Waals surface area contributed by atoms with Gasteiger partial charge in [-0.15, -0.1) is 0 Å². The number of likely N-dealkylation sites (tertiary alicyclic amines) is 1. The Labute approximate surface area is 84.8 Å². The number of carbonyl (C=O) groups is 1. The van der Waals surface area contributed by atoms with Crippen molar-refractivity contribution in [2.24, 2.45) is 5.73 Å². The summed E-state index contributed by atoms with van der Waals surface area (Å²) in [4.78, 5) is 15.1. The van der Waals surface area contributed by atoms with Gasteiger partial charge < -0.3 is 15.4 Å². The molecule has 14 heavy (non-hydrogen) atoms. The third-order valence-electron chi connectivity index (χ3n) is 2.49. The quantitative estimate of drug-likeness (QED) is 0.679. The maximum Gasteiger partial charge on any atom is 0.409 e. The molecule has 1 aliphatic rings. The van der Waals surface area contributed by atoms with E-state index in [1.807, 2.05) is 14.0 Å². The van der Waals surface area contributed by atoms with Crippen LogP contribution >= 0.6 is 0 Å². The van der Waals surface area contributed by atoms with E-state index in [1.54, 1.807) is 4.90 Å². The lowest BCUT2D eigenvalue weighted by Gasteiger charge is -2.43. The van der Waals surface area contributed by atoms with E-state index in [0.29, 0.717) is 19.2 Å². The van der Waals surface area contributed by atoms with Gasteiger partial charge in [0.1, 0.15) is 0 Å². The highest BCUT2D eigenvalue weighted by atomic mass is 16.6. The molecule has 1 saturated heterocycles. The summed E-state index contributed by atoms with van der Waals surface area (Å²) in [5, 5.41) is 0. The Bertz CT molecular complexity index is 192. The van der Waals surface area contributed by atoms with Crippen LogP contribution in [0, 0.1) is 0 Å². The van der Waals surface area contributed by atoms with E-state index in [2.05, 4.69) is 4.90 Å². The highest BCUT2D eigenvalue weighted by Crippen LogP contribution is 2.14. The Balaban J connectivity index is 2.19. The topological polar surface area (TPSA) is 58.8 Å². The second-order valence-corrected chi connectivity index (χ2v) is 3.53.